The summed E-state index contributed by atoms with van der Waals surface area (Å²) >= 11 is 0. The molecule has 0 bridgehead atoms. The second-order valence-corrected chi connectivity index (χ2v) is 19.4. The van der Waals surface area contributed by atoms with E-state index in [4.69, 9.17) is 14.0 Å². The van der Waals surface area contributed by atoms with E-state index in [1.54, 1.807) is 0 Å². The molecule has 5 atom stereocenters. The van der Waals surface area contributed by atoms with Gasteiger partial charge in [-0.25, -0.2) is 4.79 Å². The van der Waals surface area contributed by atoms with E-state index in [9.17, 15) is 4.79 Å². The largest absolute Gasteiger partial charge is 0.498 e. The summed E-state index contributed by atoms with van der Waals surface area (Å²) in [5.74, 6) is 1.01. The van der Waals surface area contributed by atoms with Crippen molar-refractivity contribution in [2.75, 3.05) is 0 Å². The highest BCUT2D eigenvalue weighted by Crippen LogP contribution is 2.42. The summed E-state index contributed by atoms with van der Waals surface area (Å²) in [7, 11) is -3.07. The summed E-state index contributed by atoms with van der Waals surface area (Å²) in [6.07, 6.45) is 12.3. The molecule has 0 aromatic heterocycles. The van der Waals surface area contributed by atoms with Crippen molar-refractivity contribution in [3.63, 3.8) is 0 Å². The van der Waals surface area contributed by atoms with Gasteiger partial charge in [0.1, 0.15) is 13.7 Å². The Morgan fingerprint density at radius 3 is 1.51 bits per heavy atom. The maximum atomic E-state index is 14.8. The first-order chi connectivity index (χ1) is 22.8. The zero-order valence-electron chi connectivity index (χ0n) is 28.9. The van der Waals surface area contributed by atoms with Crippen molar-refractivity contribution in [3.05, 3.63) is 102 Å². The molecule has 0 unspecified atom stereocenters. The van der Waals surface area contributed by atoms with Gasteiger partial charge in [0.15, 0.2) is 0 Å². The van der Waals surface area contributed by atoms with Crippen LogP contribution in [0.2, 0.25) is 13.1 Å². The zero-order valence-corrected chi connectivity index (χ0v) is 29.9. The minimum atomic E-state index is -2.49. The van der Waals surface area contributed by atoms with Gasteiger partial charge >= 0.3 is 13.2 Å². The van der Waals surface area contributed by atoms with E-state index in [0.29, 0.717) is 11.8 Å². The van der Waals surface area contributed by atoms with Crippen molar-refractivity contribution in [1.82, 2.24) is 4.90 Å². The van der Waals surface area contributed by atoms with Crippen LogP contribution in [0.25, 0.3) is 0 Å². The molecule has 1 aliphatic heterocycles. The second kappa shape index (κ2) is 15.6. The molecule has 0 spiro atoms. The minimum Gasteiger partial charge on any atom is -0.452 e. The summed E-state index contributed by atoms with van der Waals surface area (Å²) < 4.78 is 21.1. The molecule has 250 valence electrons. The molecule has 47 heavy (non-hydrogen) atoms. The van der Waals surface area contributed by atoms with Crippen LogP contribution in [0.4, 0.5) is 4.79 Å². The molecule has 6 rings (SSSR count). The average molecular weight is 652 g/mol. The van der Waals surface area contributed by atoms with E-state index in [-0.39, 0.29) is 30.4 Å². The van der Waals surface area contributed by atoms with Gasteiger partial charge in [-0.2, -0.15) is 0 Å². The Kier molecular flexibility index (Phi) is 11.3. The van der Waals surface area contributed by atoms with E-state index in [1.165, 1.54) is 69.4 Å². The summed E-state index contributed by atoms with van der Waals surface area (Å²) in [6, 6.07) is 30.8. The van der Waals surface area contributed by atoms with Crippen molar-refractivity contribution in [2.24, 2.45) is 11.8 Å². The standard InChI is InChI=1S/C40H54BNO4Si/c1-30(32-20-10-5-11-21-32)42(31(2)33-22-12-6-13-23-33)40(43)44-39(47(3,4)36-28-18-9-19-29-36)41-45-37(34-24-14-7-15-25-34)38(46-41)35-26-16-8-17-27-35/h5-6,9-13,18-23,28-31,34-35,37-39H,7-8,14-17,24-27H2,1-4H3/t30-,31-,37+,38+,39+/m0/s1. The lowest BCUT2D eigenvalue weighted by Crippen LogP contribution is -2.62. The van der Waals surface area contributed by atoms with E-state index in [0.717, 1.165) is 11.1 Å². The molecule has 3 aliphatic rings. The minimum absolute atomic E-state index is 0.0627. The topological polar surface area (TPSA) is 48.0 Å². The first kappa shape index (κ1) is 34.0. The second-order valence-electron chi connectivity index (χ2n) is 14.8. The summed E-state index contributed by atoms with van der Waals surface area (Å²) in [5, 5.41) is 1.24. The van der Waals surface area contributed by atoms with Crippen molar-refractivity contribution in [2.45, 2.75) is 121 Å². The van der Waals surface area contributed by atoms with Gasteiger partial charge in [-0.1, -0.05) is 148 Å². The van der Waals surface area contributed by atoms with Crippen molar-refractivity contribution >= 4 is 26.5 Å². The Morgan fingerprint density at radius 1 is 0.681 bits per heavy atom. The third-order valence-corrected chi connectivity index (χ3v) is 15.1. The van der Waals surface area contributed by atoms with Gasteiger partial charge in [-0.15, -0.1) is 0 Å². The van der Waals surface area contributed by atoms with Gasteiger partial charge in [0.05, 0.1) is 24.3 Å². The lowest BCUT2D eigenvalue weighted by atomic mass is 9.77. The lowest BCUT2D eigenvalue weighted by Gasteiger charge is -2.39. The lowest BCUT2D eigenvalue weighted by molar-refractivity contribution is 0.0324. The van der Waals surface area contributed by atoms with Crippen molar-refractivity contribution in [1.29, 1.82) is 0 Å². The van der Waals surface area contributed by atoms with Crippen LogP contribution < -0.4 is 5.19 Å². The Balaban J connectivity index is 1.35. The van der Waals surface area contributed by atoms with E-state index >= 15 is 0 Å². The normalized spacial score (nSPS) is 23.2. The van der Waals surface area contributed by atoms with Gasteiger partial charge < -0.3 is 14.0 Å². The number of carbonyl (C=O) groups excluding carboxylic acids is 1. The van der Waals surface area contributed by atoms with Crippen LogP contribution in [0.5, 0.6) is 0 Å². The van der Waals surface area contributed by atoms with Crippen LogP contribution in [0.3, 0.4) is 0 Å². The molecular formula is C40H54BNO4Si. The number of nitrogens with zero attached hydrogens (tertiary/aromatic N) is 1. The maximum Gasteiger partial charge on any atom is 0.498 e. The van der Waals surface area contributed by atoms with Gasteiger partial charge in [-0.3, -0.25) is 4.90 Å². The van der Waals surface area contributed by atoms with Gasteiger partial charge in [0, 0.05) is 0 Å². The predicted molar refractivity (Wildman–Crippen MR) is 194 cm³/mol. The highest BCUT2D eigenvalue weighted by Gasteiger charge is 2.56. The molecular weight excluding hydrogens is 597 g/mol. The van der Waals surface area contributed by atoms with E-state index in [1.807, 2.05) is 41.3 Å². The number of benzene rings is 3. The summed E-state index contributed by atoms with van der Waals surface area (Å²) in [6.45, 7) is 8.82. The van der Waals surface area contributed by atoms with E-state index in [2.05, 4.69) is 81.5 Å². The number of hydrogen-bond acceptors (Lipinski definition) is 4. The van der Waals surface area contributed by atoms with Crippen molar-refractivity contribution in [3.8, 4) is 0 Å². The quantitative estimate of drug-likeness (QED) is 0.205. The smallest absolute Gasteiger partial charge is 0.452 e. The van der Waals surface area contributed by atoms with Crippen LogP contribution in [0.15, 0.2) is 91.0 Å². The van der Waals surface area contributed by atoms with Gasteiger partial charge in [-0.05, 0) is 62.5 Å². The fourth-order valence-corrected chi connectivity index (χ4v) is 11.1. The Hall–Kier alpha value is -2.87. The number of hydrogen-bond donors (Lipinski definition) is 0. The molecule has 7 heteroatoms. The molecule has 1 heterocycles. The van der Waals surface area contributed by atoms with Crippen LogP contribution in [-0.4, -0.2) is 44.0 Å². The number of amides is 1. The van der Waals surface area contributed by atoms with Crippen molar-refractivity contribution < 1.29 is 18.8 Å². The van der Waals surface area contributed by atoms with Crippen LogP contribution in [0.1, 0.15) is 101 Å². The SMILES string of the molecule is C[C@@H](c1ccccc1)N(C(=O)O[C@@H](B1O[C@H](C2CCCCC2)[C@@H](C2CCCCC2)O1)[Si](C)(C)c1ccccc1)[C@@H](C)c1ccccc1. The first-order valence-corrected chi connectivity index (χ1v) is 21.4. The number of ether oxygens (including phenoxy) is 1. The molecule has 0 radical (unpaired) electrons. The third kappa shape index (κ3) is 7.73. The number of carbonyl (C=O) groups is 1. The van der Waals surface area contributed by atoms with Gasteiger partial charge in [0.2, 0.25) is 0 Å². The average Bonchev–Trinajstić information content (AvgIpc) is 3.57. The molecule has 2 saturated carbocycles. The zero-order chi connectivity index (χ0) is 32.8. The highest BCUT2D eigenvalue weighted by atomic mass is 28.3. The van der Waals surface area contributed by atoms with Crippen LogP contribution >= 0.6 is 0 Å². The third-order valence-electron chi connectivity index (χ3n) is 11.4. The molecule has 5 nitrogen and oxygen atoms in total. The van der Waals surface area contributed by atoms with Gasteiger partial charge in [0.25, 0.3) is 0 Å². The summed E-state index contributed by atoms with van der Waals surface area (Å²) in [5.41, 5.74) is 1.64. The Bertz CT molecular complexity index is 1330. The molecule has 3 aromatic rings. The molecule has 1 saturated heterocycles. The molecule has 3 aromatic carbocycles. The molecule has 2 aliphatic carbocycles. The highest BCUT2D eigenvalue weighted by molar-refractivity contribution is 6.97. The predicted octanol–water partition coefficient (Wildman–Crippen LogP) is 9.44. The molecule has 3 fully saturated rings. The van der Waals surface area contributed by atoms with Crippen LogP contribution in [-0.2, 0) is 14.0 Å². The first-order valence-electron chi connectivity index (χ1n) is 18.3. The van der Waals surface area contributed by atoms with Crippen LogP contribution in [0, 0.1) is 11.8 Å². The monoisotopic (exact) mass is 651 g/mol. The summed E-state index contributed by atoms with van der Waals surface area (Å²) in [4.78, 5) is 16.7. The fourth-order valence-electron chi connectivity index (χ4n) is 8.50. The maximum absolute atomic E-state index is 14.8. The Morgan fingerprint density at radius 2 is 1.09 bits per heavy atom. The van der Waals surface area contributed by atoms with E-state index < -0.39 is 20.8 Å². The number of rotatable bonds is 10. The molecule has 1 amide bonds. The Labute approximate surface area is 284 Å². The fraction of sp³-hybridized carbons (Fsp3) is 0.525. The molecule has 0 N–H and O–H groups in total.